The molecule has 1 aliphatic rings. The van der Waals surface area contributed by atoms with Gasteiger partial charge in [-0.3, -0.25) is 4.79 Å². The number of H-pyrrole nitrogens is 1. The van der Waals surface area contributed by atoms with Crippen molar-refractivity contribution in [2.24, 2.45) is 5.92 Å². The average molecular weight is 438 g/mol. The minimum atomic E-state index is 0.141. The zero-order valence-corrected chi connectivity index (χ0v) is 19.2. The molecule has 1 amide bonds. The summed E-state index contributed by atoms with van der Waals surface area (Å²) in [6.45, 7) is 3.01. The zero-order chi connectivity index (χ0) is 22.7. The summed E-state index contributed by atoms with van der Waals surface area (Å²) < 4.78 is 11.2. The third-order valence-electron chi connectivity index (χ3n) is 6.20. The first-order valence-electron chi connectivity index (χ1n) is 11.1. The molecule has 2 bridgehead atoms. The monoisotopic (exact) mass is 437 g/mol. The van der Waals surface area contributed by atoms with Gasteiger partial charge in [0.2, 0.25) is 5.91 Å². The quantitative estimate of drug-likeness (QED) is 0.628. The van der Waals surface area contributed by atoms with Crippen LogP contribution in [0.4, 0.5) is 11.5 Å². The molecule has 8 heteroatoms. The fraction of sp³-hybridized carbons (Fsp3) is 0.458. The van der Waals surface area contributed by atoms with Gasteiger partial charge in [-0.2, -0.15) is 0 Å². The molecule has 1 atom stereocenters. The Balaban J connectivity index is 1.80. The summed E-state index contributed by atoms with van der Waals surface area (Å²) in [7, 11) is 5.15. The number of hydrogen-bond donors (Lipinski definition) is 2. The smallest absolute Gasteiger partial charge is 0.222 e. The van der Waals surface area contributed by atoms with Crippen LogP contribution in [0.15, 0.2) is 24.7 Å². The van der Waals surface area contributed by atoms with Crippen molar-refractivity contribution in [3.8, 4) is 11.5 Å². The molecule has 0 radical (unpaired) electrons. The Labute approximate surface area is 188 Å². The highest BCUT2D eigenvalue weighted by Crippen LogP contribution is 2.37. The molecule has 1 aliphatic heterocycles. The van der Waals surface area contributed by atoms with Crippen molar-refractivity contribution in [2.45, 2.75) is 39.0 Å². The molecule has 0 aliphatic carbocycles. The molecule has 2 N–H and O–H groups in total. The van der Waals surface area contributed by atoms with Gasteiger partial charge in [0, 0.05) is 32.3 Å². The van der Waals surface area contributed by atoms with Crippen molar-refractivity contribution in [3.63, 3.8) is 0 Å². The van der Waals surface area contributed by atoms with Crippen LogP contribution in [-0.2, 0) is 17.6 Å². The summed E-state index contributed by atoms with van der Waals surface area (Å²) in [5, 5.41) is 4.45. The largest absolute Gasteiger partial charge is 0.496 e. The third kappa shape index (κ3) is 4.49. The van der Waals surface area contributed by atoms with Gasteiger partial charge in [-0.25, -0.2) is 9.97 Å². The first-order chi connectivity index (χ1) is 15.5. The number of nitrogens with one attached hydrogen (secondary N) is 2. The molecule has 0 spiro atoms. The van der Waals surface area contributed by atoms with Crippen LogP contribution in [0.1, 0.15) is 37.3 Å². The predicted molar refractivity (Wildman–Crippen MR) is 125 cm³/mol. The maximum Gasteiger partial charge on any atom is 0.222 e. The Morgan fingerprint density at radius 1 is 1.09 bits per heavy atom. The molecule has 0 saturated heterocycles. The number of amides is 1. The predicted octanol–water partition coefficient (Wildman–Crippen LogP) is 4.08. The lowest BCUT2D eigenvalue weighted by atomic mass is 9.96. The van der Waals surface area contributed by atoms with Crippen molar-refractivity contribution < 1.29 is 14.3 Å². The first-order valence-corrected chi connectivity index (χ1v) is 11.1. The van der Waals surface area contributed by atoms with Crippen LogP contribution in [0.5, 0.6) is 11.5 Å². The number of hydrogen-bond acceptors (Lipinski definition) is 6. The van der Waals surface area contributed by atoms with Crippen LogP contribution in [0.2, 0.25) is 0 Å². The number of aromatic amines is 1. The Morgan fingerprint density at radius 2 is 1.91 bits per heavy atom. The number of benzene rings is 1. The highest BCUT2D eigenvalue weighted by Gasteiger charge is 2.19. The van der Waals surface area contributed by atoms with Crippen molar-refractivity contribution in [1.82, 2.24) is 19.9 Å². The van der Waals surface area contributed by atoms with Crippen LogP contribution in [0.3, 0.4) is 0 Å². The molecule has 3 aromatic rings. The lowest BCUT2D eigenvalue weighted by molar-refractivity contribution is -0.129. The summed E-state index contributed by atoms with van der Waals surface area (Å²) >= 11 is 0. The number of rotatable bonds is 2. The van der Waals surface area contributed by atoms with E-state index in [1.807, 2.05) is 30.3 Å². The number of methoxy groups -OCH3 is 2. The third-order valence-corrected chi connectivity index (χ3v) is 6.20. The van der Waals surface area contributed by atoms with Crippen molar-refractivity contribution >= 4 is 28.4 Å². The number of aryl methyl sites for hydroxylation is 1. The second-order valence-corrected chi connectivity index (χ2v) is 8.52. The summed E-state index contributed by atoms with van der Waals surface area (Å²) in [5.74, 6) is 2.69. The minimum Gasteiger partial charge on any atom is -0.496 e. The van der Waals surface area contributed by atoms with Crippen molar-refractivity contribution in [1.29, 1.82) is 0 Å². The molecule has 4 rings (SSSR count). The number of nitrogens with zero attached hydrogens (tertiary/aromatic N) is 3. The summed E-state index contributed by atoms with van der Waals surface area (Å²) in [5.41, 5.74) is 3.71. The van der Waals surface area contributed by atoms with E-state index in [1.165, 1.54) is 5.56 Å². The van der Waals surface area contributed by atoms with E-state index in [1.54, 1.807) is 20.5 Å². The topological polar surface area (TPSA) is 92.4 Å². The van der Waals surface area contributed by atoms with Gasteiger partial charge in [-0.1, -0.05) is 6.92 Å². The molecular weight excluding hydrogens is 406 g/mol. The molecule has 3 heterocycles. The van der Waals surface area contributed by atoms with Crippen molar-refractivity contribution in [2.75, 3.05) is 33.1 Å². The molecule has 1 unspecified atom stereocenters. The van der Waals surface area contributed by atoms with Gasteiger partial charge in [-0.15, -0.1) is 0 Å². The molecule has 32 heavy (non-hydrogen) atoms. The van der Waals surface area contributed by atoms with E-state index < -0.39 is 0 Å². The molecular formula is C24H31N5O3. The normalized spacial score (nSPS) is 17.8. The van der Waals surface area contributed by atoms with Gasteiger partial charge in [0.15, 0.2) is 0 Å². The van der Waals surface area contributed by atoms with E-state index in [0.29, 0.717) is 30.3 Å². The maximum absolute atomic E-state index is 12.7. The number of ether oxygens (including phenoxy) is 2. The number of fused-ring (bicyclic) bond motifs is 2. The minimum absolute atomic E-state index is 0.141. The second-order valence-electron chi connectivity index (χ2n) is 8.52. The second kappa shape index (κ2) is 9.46. The summed E-state index contributed by atoms with van der Waals surface area (Å²) in [6, 6.07) is 3.84. The van der Waals surface area contributed by atoms with Gasteiger partial charge >= 0.3 is 0 Å². The van der Waals surface area contributed by atoms with Gasteiger partial charge in [0.25, 0.3) is 0 Å². The number of carbonyl (C=O) groups excluding carboxylic acids is 1. The molecule has 8 nitrogen and oxygen atoms in total. The molecule has 2 aromatic heterocycles. The fourth-order valence-electron chi connectivity index (χ4n) is 4.38. The SMILES string of the molecule is COc1cc(OC)c2cc1CCC(=O)N(C)CCCC(C)Cc1c[nH]c3ncnc(c13)N2. The van der Waals surface area contributed by atoms with E-state index in [4.69, 9.17) is 9.47 Å². The first kappa shape index (κ1) is 21.9. The molecule has 0 fully saturated rings. The maximum atomic E-state index is 12.7. The summed E-state index contributed by atoms with van der Waals surface area (Å²) in [6.07, 6.45) is 7.51. The van der Waals surface area contributed by atoms with E-state index in [2.05, 4.69) is 27.2 Å². The van der Waals surface area contributed by atoms with Crippen LogP contribution in [0.25, 0.3) is 11.0 Å². The van der Waals surface area contributed by atoms with Gasteiger partial charge in [0.1, 0.15) is 29.3 Å². The Hall–Kier alpha value is -3.29. The van der Waals surface area contributed by atoms with Crippen LogP contribution in [0, 0.1) is 5.92 Å². The average Bonchev–Trinajstić information content (AvgIpc) is 3.20. The van der Waals surface area contributed by atoms with E-state index >= 15 is 0 Å². The molecule has 1 aromatic carbocycles. The molecule has 0 saturated carbocycles. The van der Waals surface area contributed by atoms with Crippen LogP contribution in [-0.4, -0.2) is 53.6 Å². The number of aromatic nitrogens is 3. The van der Waals surface area contributed by atoms with Crippen molar-refractivity contribution in [3.05, 3.63) is 35.8 Å². The Morgan fingerprint density at radius 3 is 2.69 bits per heavy atom. The highest BCUT2D eigenvalue weighted by molar-refractivity contribution is 5.92. The lowest BCUT2D eigenvalue weighted by Gasteiger charge is -2.20. The van der Waals surface area contributed by atoms with E-state index in [-0.39, 0.29) is 5.91 Å². The standard InChI is InChI=1S/C24H31N5O3/c1-15-6-5-9-29(2)21(30)8-7-16-11-18(20(32-4)12-19(16)31-3)28-24-22-17(10-15)13-25-23(22)26-14-27-24/h11-15H,5-10H2,1-4H3,(H2,25,26,27,28). The zero-order valence-electron chi connectivity index (χ0n) is 19.2. The highest BCUT2D eigenvalue weighted by atomic mass is 16.5. The molecule has 170 valence electrons. The lowest BCUT2D eigenvalue weighted by Crippen LogP contribution is -2.28. The van der Waals surface area contributed by atoms with Gasteiger partial charge in [-0.05, 0) is 48.8 Å². The Kier molecular flexibility index (Phi) is 6.48. The summed E-state index contributed by atoms with van der Waals surface area (Å²) in [4.78, 5) is 26.8. The fourth-order valence-corrected chi connectivity index (χ4v) is 4.38. The van der Waals surface area contributed by atoms with Crippen LogP contribution < -0.4 is 14.8 Å². The number of carbonyl (C=O) groups is 1. The Bertz CT molecular complexity index is 1110. The van der Waals surface area contributed by atoms with Gasteiger partial charge < -0.3 is 24.7 Å². The van der Waals surface area contributed by atoms with E-state index in [0.717, 1.165) is 53.9 Å². The van der Waals surface area contributed by atoms with E-state index in [9.17, 15) is 4.79 Å². The van der Waals surface area contributed by atoms with Crippen LogP contribution >= 0.6 is 0 Å². The van der Waals surface area contributed by atoms with Gasteiger partial charge in [0.05, 0.1) is 25.3 Å². The number of anilines is 2.